The van der Waals surface area contributed by atoms with E-state index in [4.69, 9.17) is 22.3 Å². The van der Waals surface area contributed by atoms with Gasteiger partial charge in [0.15, 0.2) is 5.82 Å². The van der Waals surface area contributed by atoms with Crippen molar-refractivity contribution >= 4 is 34.6 Å². The fraction of sp³-hybridized carbons (Fsp3) is 0.500. The molecule has 3 aromatic rings. The van der Waals surface area contributed by atoms with Gasteiger partial charge in [0.2, 0.25) is 5.91 Å². The number of fused-ring (bicyclic) bond motifs is 3. The number of aromatic nitrogens is 3. The highest BCUT2D eigenvalue weighted by atomic mass is 35.5. The second kappa shape index (κ2) is 12.3. The van der Waals surface area contributed by atoms with Crippen LogP contribution < -0.4 is 11.1 Å². The number of halogens is 1. The molecule has 1 aromatic carbocycles. The average molecular weight is 541 g/mol. The third-order valence-corrected chi connectivity index (χ3v) is 8.59. The van der Waals surface area contributed by atoms with Gasteiger partial charge in [-0.1, -0.05) is 49.9 Å². The number of carbonyl (C=O) groups excluding carboxylic acids is 1. The van der Waals surface area contributed by atoms with Gasteiger partial charge in [-0.25, -0.2) is 0 Å². The molecule has 2 aromatic heterocycles. The van der Waals surface area contributed by atoms with Crippen molar-refractivity contribution < 1.29 is 4.79 Å². The maximum atomic E-state index is 13.5. The Morgan fingerprint density at radius 3 is 2.51 bits per heavy atom. The zero-order valence-electron chi connectivity index (χ0n) is 22.2. The maximum Gasteiger partial charge on any atom is 0.225 e. The lowest BCUT2D eigenvalue weighted by atomic mass is 9.94. The van der Waals surface area contributed by atoms with Gasteiger partial charge in [-0.3, -0.25) is 14.4 Å². The van der Waals surface area contributed by atoms with Crippen molar-refractivity contribution in [1.82, 2.24) is 20.1 Å². The number of carbonyl (C=O) groups is 1. The van der Waals surface area contributed by atoms with Crippen molar-refractivity contribution in [3.05, 3.63) is 62.5 Å². The predicted molar refractivity (Wildman–Crippen MR) is 152 cm³/mol. The van der Waals surface area contributed by atoms with Crippen LogP contribution in [-0.4, -0.2) is 39.5 Å². The van der Waals surface area contributed by atoms with E-state index < -0.39 is 6.04 Å². The first-order valence-corrected chi connectivity index (χ1v) is 14.4. The Balaban J connectivity index is 1.70. The van der Waals surface area contributed by atoms with Crippen LogP contribution in [-0.2, 0) is 4.79 Å². The smallest absolute Gasteiger partial charge is 0.225 e. The Kier molecular flexibility index (Phi) is 9.16. The third kappa shape index (κ3) is 5.81. The van der Waals surface area contributed by atoms with Gasteiger partial charge in [-0.2, -0.15) is 0 Å². The number of hydrogen-bond donors (Lipinski definition) is 2. The van der Waals surface area contributed by atoms with Crippen molar-refractivity contribution in [3.63, 3.8) is 0 Å². The molecule has 0 saturated carbocycles. The molecule has 1 amide bonds. The second-order valence-electron chi connectivity index (χ2n) is 9.70. The zero-order chi connectivity index (χ0) is 26.5. The number of nitrogens with two attached hydrogens (primary N) is 1. The summed E-state index contributed by atoms with van der Waals surface area (Å²) in [4.78, 5) is 20.0. The lowest BCUT2D eigenvalue weighted by Gasteiger charge is -2.22. The number of rotatable bonds is 11. The molecule has 1 aliphatic heterocycles. The summed E-state index contributed by atoms with van der Waals surface area (Å²) in [5, 5.41) is 13.9. The molecular formula is C28H37ClN6OS. The van der Waals surface area contributed by atoms with Gasteiger partial charge in [-0.15, -0.1) is 21.5 Å². The first kappa shape index (κ1) is 27.5. The number of nitrogens with one attached hydrogen (secondary N) is 1. The molecule has 0 bridgehead atoms. The van der Waals surface area contributed by atoms with E-state index in [0.717, 1.165) is 66.3 Å². The summed E-state index contributed by atoms with van der Waals surface area (Å²) in [7, 11) is 0. The molecule has 1 aliphatic rings. The Labute approximate surface area is 228 Å². The van der Waals surface area contributed by atoms with E-state index in [1.165, 1.54) is 10.4 Å². The number of unbranched alkanes of at least 4 members (excludes halogenated alkanes) is 4. The largest absolute Gasteiger partial charge is 0.356 e. The van der Waals surface area contributed by atoms with Gasteiger partial charge in [0.05, 0.1) is 11.6 Å². The van der Waals surface area contributed by atoms with Crippen LogP contribution in [0.25, 0.3) is 5.00 Å². The van der Waals surface area contributed by atoms with E-state index in [0.29, 0.717) is 23.8 Å². The van der Waals surface area contributed by atoms with Crippen LogP contribution >= 0.6 is 22.9 Å². The van der Waals surface area contributed by atoms with Crippen molar-refractivity contribution in [2.75, 3.05) is 13.1 Å². The highest BCUT2D eigenvalue weighted by molar-refractivity contribution is 7.15. The molecule has 9 heteroatoms. The Hall–Kier alpha value is -2.55. The van der Waals surface area contributed by atoms with Gasteiger partial charge in [-0.05, 0) is 64.3 Å². The van der Waals surface area contributed by atoms with Crippen LogP contribution in [0.5, 0.6) is 0 Å². The molecule has 3 N–H and O–H groups in total. The maximum absolute atomic E-state index is 13.5. The molecule has 0 spiro atoms. The molecule has 2 atom stereocenters. The summed E-state index contributed by atoms with van der Waals surface area (Å²) in [5.74, 6) is 1.16. The molecule has 3 heterocycles. The number of aryl methyl sites for hydroxylation is 2. The monoisotopic (exact) mass is 540 g/mol. The topological polar surface area (TPSA) is 98.2 Å². The number of amides is 1. The van der Waals surface area contributed by atoms with E-state index in [1.54, 1.807) is 11.3 Å². The van der Waals surface area contributed by atoms with Crippen LogP contribution in [0.1, 0.15) is 84.7 Å². The molecule has 0 unspecified atom stereocenters. The molecular weight excluding hydrogens is 504 g/mol. The van der Waals surface area contributed by atoms with E-state index >= 15 is 0 Å². The molecule has 37 heavy (non-hydrogen) atoms. The normalized spacial score (nSPS) is 15.5. The first-order chi connectivity index (χ1) is 17.9. The highest BCUT2D eigenvalue weighted by Crippen LogP contribution is 2.41. The van der Waals surface area contributed by atoms with Crippen LogP contribution in [0.3, 0.4) is 0 Å². The standard InChI is InChI=1S/C28H37ClN6OS/c1-5-22(27(36)31-16-10-8-6-7-9-15-30)25-26-34-33-19(4)35(26)28-23(17(2)18(3)37-28)24(32-25)20-11-13-21(29)14-12-20/h11-14,22,25H,5-10,15-16,30H2,1-4H3,(H,31,36)/t22-,25+/m1/s1. The summed E-state index contributed by atoms with van der Waals surface area (Å²) in [6.07, 6.45) is 6.04. The summed E-state index contributed by atoms with van der Waals surface area (Å²) in [6, 6.07) is 7.31. The Morgan fingerprint density at radius 1 is 1.11 bits per heavy atom. The van der Waals surface area contributed by atoms with Crippen LogP contribution in [0.2, 0.25) is 5.02 Å². The number of thiophene rings is 1. The van der Waals surface area contributed by atoms with Gasteiger partial charge in [0.1, 0.15) is 16.9 Å². The van der Waals surface area contributed by atoms with Gasteiger partial charge >= 0.3 is 0 Å². The Bertz CT molecular complexity index is 1260. The number of benzene rings is 1. The summed E-state index contributed by atoms with van der Waals surface area (Å²) in [6.45, 7) is 9.66. The minimum Gasteiger partial charge on any atom is -0.356 e. The molecule has 0 radical (unpaired) electrons. The van der Waals surface area contributed by atoms with Crippen LogP contribution in [0, 0.1) is 26.7 Å². The SMILES string of the molecule is CC[C@@H](C(=O)NCCCCCCCN)[C@@H]1N=C(c2ccc(Cl)cc2)c2c(sc(C)c2C)-n2c(C)nnc21. The molecule has 0 saturated heterocycles. The van der Waals surface area contributed by atoms with Gasteiger partial charge in [0.25, 0.3) is 0 Å². The van der Waals surface area contributed by atoms with Crippen molar-refractivity contribution in [2.45, 2.75) is 72.3 Å². The van der Waals surface area contributed by atoms with Gasteiger partial charge < -0.3 is 11.1 Å². The van der Waals surface area contributed by atoms with Crippen LogP contribution in [0.4, 0.5) is 0 Å². The lowest BCUT2D eigenvalue weighted by molar-refractivity contribution is -0.125. The van der Waals surface area contributed by atoms with Crippen molar-refractivity contribution in [3.8, 4) is 5.00 Å². The van der Waals surface area contributed by atoms with Gasteiger partial charge in [0, 0.05) is 27.6 Å². The minimum atomic E-state index is -0.458. The molecule has 198 valence electrons. The fourth-order valence-electron chi connectivity index (χ4n) is 4.92. The predicted octanol–water partition coefficient (Wildman–Crippen LogP) is 5.85. The van der Waals surface area contributed by atoms with E-state index in [2.05, 4.69) is 33.9 Å². The second-order valence-corrected chi connectivity index (χ2v) is 11.3. The molecule has 7 nitrogen and oxygen atoms in total. The van der Waals surface area contributed by atoms with Crippen molar-refractivity contribution in [2.24, 2.45) is 16.6 Å². The molecule has 0 aliphatic carbocycles. The number of aliphatic imine (C=N–C) groups is 1. The third-order valence-electron chi connectivity index (χ3n) is 7.14. The van der Waals surface area contributed by atoms with E-state index in [9.17, 15) is 4.79 Å². The molecule has 4 rings (SSSR count). The first-order valence-electron chi connectivity index (χ1n) is 13.2. The summed E-state index contributed by atoms with van der Waals surface area (Å²) >= 11 is 7.93. The summed E-state index contributed by atoms with van der Waals surface area (Å²) < 4.78 is 2.10. The summed E-state index contributed by atoms with van der Waals surface area (Å²) in [5.41, 5.74) is 9.68. The van der Waals surface area contributed by atoms with Crippen molar-refractivity contribution in [1.29, 1.82) is 0 Å². The zero-order valence-corrected chi connectivity index (χ0v) is 23.8. The van der Waals surface area contributed by atoms with E-state index in [-0.39, 0.29) is 11.8 Å². The van der Waals surface area contributed by atoms with E-state index in [1.807, 2.05) is 38.1 Å². The minimum absolute atomic E-state index is 0.0130. The van der Waals surface area contributed by atoms with Crippen LogP contribution in [0.15, 0.2) is 29.3 Å². The Morgan fingerprint density at radius 2 is 1.81 bits per heavy atom. The fourth-order valence-corrected chi connectivity index (χ4v) is 6.26. The number of nitrogens with zero attached hydrogens (tertiary/aromatic N) is 4. The lowest BCUT2D eigenvalue weighted by Crippen LogP contribution is -2.35. The quantitative estimate of drug-likeness (QED) is 0.298. The number of hydrogen-bond acceptors (Lipinski definition) is 6. The average Bonchev–Trinajstić information content (AvgIpc) is 3.35. The molecule has 0 fully saturated rings. The highest BCUT2D eigenvalue weighted by Gasteiger charge is 2.37.